The fraction of sp³-hybridized carbons (Fsp3) is 0.357. The molecule has 0 aliphatic carbocycles. The van der Waals surface area contributed by atoms with E-state index < -0.39 is 0 Å². The summed E-state index contributed by atoms with van der Waals surface area (Å²) in [7, 11) is 1.64. The molecule has 35 heavy (non-hydrogen) atoms. The van der Waals surface area contributed by atoms with Gasteiger partial charge in [-0.05, 0) is 74.1 Å². The molecule has 3 aromatic rings. The molecule has 2 aliphatic rings. The van der Waals surface area contributed by atoms with E-state index >= 15 is 0 Å². The van der Waals surface area contributed by atoms with E-state index in [2.05, 4.69) is 4.98 Å². The van der Waals surface area contributed by atoms with Gasteiger partial charge in [0.25, 0.3) is 0 Å². The van der Waals surface area contributed by atoms with Gasteiger partial charge in [-0.1, -0.05) is 18.2 Å². The van der Waals surface area contributed by atoms with Crippen molar-refractivity contribution in [1.82, 2.24) is 14.5 Å². The topological polar surface area (TPSA) is 56.6 Å². The first-order valence-corrected chi connectivity index (χ1v) is 12.1. The van der Waals surface area contributed by atoms with Crippen molar-refractivity contribution in [1.29, 1.82) is 0 Å². The Balaban J connectivity index is 1.44. The molecule has 7 heteroatoms. The van der Waals surface area contributed by atoms with E-state index in [-0.39, 0.29) is 23.9 Å². The Kier molecular flexibility index (Phi) is 6.68. The molecule has 3 heterocycles. The lowest BCUT2D eigenvalue weighted by atomic mass is 9.93. The summed E-state index contributed by atoms with van der Waals surface area (Å²) in [5, 5.41) is 0. The molecule has 6 nitrogen and oxygen atoms in total. The van der Waals surface area contributed by atoms with Crippen molar-refractivity contribution in [3.05, 3.63) is 83.2 Å². The summed E-state index contributed by atoms with van der Waals surface area (Å²) >= 11 is 0. The van der Waals surface area contributed by atoms with E-state index in [1.807, 2.05) is 46.9 Å². The average molecular weight is 476 g/mol. The van der Waals surface area contributed by atoms with Crippen LogP contribution in [0.4, 0.5) is 4.39 Å². The number of rotatable bonds is 6. The molecule has 0 bridgehead atoms. The highest BCUT2D eigenvalue weighted by atomic mass is 19.1. The van der Waals surface area contributed by atoms with Crippen molar-refractivity contribution in [3.8, 4) is 11.4 Å². The number of imidazole rings is 1. The highest BCUT2D eigenvalue weighted by molar-refractivity contribution is 5.99. The van der Waals surface area contributed by atoms with Crippen LogP contribution < -0.4 is 4.74 Å². The van der Waals surface area contributed by atoms with Crippen LogP contribution in [0.5, 0.6) is 5.75 Å². The molecule has 1 amide bonds. The standard InChI is InChI=1S/C28H30FN3O3/c1-19-17-31(18-30-19)24-12-7-20(16-26(24)34-2)15-22-5-3-13-32(28(22)33)27(25-6-4-14-35-25)21-8-10-23(29)11-9-21/h7-12,15-18,25,27H,3-6,13-14H2,1-2H3/t25-,27+/m0/s1. The third-order valence-electron chi connectivity index (χ3n) is 6.78. The molecule has 0 N–H and O–H groups in total. The maximum absolute atomic E-state index is 13.7. The van der Waals surface area contributed by atoms with Crippen molar-refractivity contribution in [3.63, 3.8) is 0 Å². The molecule has 2 fully saturated rings. The first-order valence-electron chi connectivity index (χ1n) is 12.1. The van der Waals surface area contributed by atoms with Crippen LogP contribution in [-0.2, 0) is 9.53 Å². The molecule has 0 radical (unpaired) electrons. The normalized spacial score (nSPS) is 20.4. The van der Waals surface area contributed by atoms with Gasteiger partial charge in [0.15, 0.2) is 0 Å². The molecule has 182 valence electrons. The predicted octanol–water partition coefficient (Wildman–Crippen LogP) is 5.25. The van der Waals surface area contributed by atoms with Crippen LogP contribution >= 0.6 is 0 Å². The summed E-state index contributed by atoms with van der Waals surface area (Å²) < 4.78 is 27.2. The number of nitrogens with zero attached hydrogens (tertiary/aromatic N) is 3. The fourth-order valence-electron chi connectivity index (χ4n) is 5.09. The lowest BCUT2D eigenvalue weighted by Crippen LogP contribution is -2.44. The molecule has 2 aliphatic heterocycles. The minimum absolute atomic E-state index is 0.00866. The summed E-state index contributed by atoms with van der Waals surface area (Å²) in [6.07, 6.45) is 9.01. The Morgan fingerprint density at radius 2 is 2.03 bits per heavy atom. The summed E-state index contributed by atoms with van der Waals surface area (Å²) in [5.74, 6) is 0.434. The second kappa shape index (κ2) is 10.0. The summed E-state index contributed by atoms with van der Waals surface area (Å²) in [6, 6.07) is 12.1. The van der Waals surface area contributed by atoms with Gasteiger partial charge in [-0.2, -0.15) is 0 Å². The fourth-order valence-corrected chi connectivity index (χ4v) is 5.09. The summed E-state index contributed by atoms with van der Waals surface area (Å²) in [4.78, 5) is 19.9. The van der Waals surface area contributed by atoms with Crippen LogP contribution in [0.15, 0.2) is 60.6 Å². The number of aromatic nitrogens is 2. The van der Waals surface area contributed by atoms with Gasteiger partial charge in [-0.3, -0.25) is 4.79 Å². The van der Waals surface area contributed by atoms with Crippen LogP contribution in [0.3, 0.4) is 0 Å². The third kappa shape index (κ3) is 4.86. The zero-order valence-electron chi connectivity index (χ0n) is 20.1. The molecule has 2 aromatic carbocycles. The number of likely N-dealkylation sites (tertiary alicyclic amines) is 1. The molecule has 0 spiro atoms. The van der Waals surface area contributed by atoms with Gasteiger partial charge in [0, 0.05) is 24.9 Å². The second-order valence-electron chi connectivity index (χ2n) is 9.17. The van der Waals surface area contributed by atoms with Crippen molar-refractivity contribution in [2.45, 2.75) is 44.8 Å². The Morgan fingerprint density at radius 1 is 1.20 bits per heavy atom. The van der Waals surface area contributed by atoms with Gasteiger partial charge in [-0.15, -0.1) is 0 Å². The number of ether oxygens (including phenoxy) is 2. The van der Waals surface area contributed by atoms with Crippen LogP contribution in [0, 0.1) is 12.7 Å². The number of methoxy groups -OCH3 is 1. The van der Waals surface area contributed by atoms with Gasteiger partial charge in [0.1, 0.15) is 11.6 Å². The minimum atomic E-state index is -0.284. The number of hydrogen-bond acceptors (Lipinski definition) is 4. The number of amides is 1. The number of halogens is 1. The highest BCUT2D eigenvalue weighted by Gasteiger charge is 2.37. The maximum atomic E-state index is 13.7. The number of benzene rings is 2. The number of carbonyl (C=O) groups is 1. The van der Waals surface area contributed by atoms with E-state index in [0.29, 0.717) is 25.3 Å². The summed E-state index contributed by atoms with van der Waals surface area (Å²) in [5.41, 5.74) is 4.39. The Labute approximate surface area is 205 Å². The maximum Gasteiger partial charge on any atom is 0.250 e. The number of piperidine rings is 1. The van der Waals surface area contributed by atoms with E-state index in [1.165, 1.54) is 12.1 Å². The molecule has 1 aromatic heterocycles. The Hall–Kier alpha value is -3.45. The molecule has 2 saturated heterocycles. The predicted molar refractivity (Wildman–Crippen MR) is 132 cm³/mol. The van der Waals surface area contributed by atoms with Crippen LogP contribution in [0.1, 0.15) is 48.5 Å². The molecule has 0 unspecified atom stereocenters. The second-order valence-corrected chi connectivity index (χ2v) is 9.17. The van der Waals surface area contributed by atoms with E-state index in [0.717, 1.165) is 47.3 Å². The first kappa shape index (κ1) is 23.3. The molecular weight excluding hydrogens is 445 g/mol. The lowest BCUT2D eigenvalue weighted by Gasteiger charge is -2.38. The van der Waals surface area contributed by atoms with Crippen molar-refractivity contribution < 1.29 is 18.7 Å². The van der Waals surface area contributed by atoms with E-state index in [9.17, 15) is 9.18 Å². The van der Waals surface area contributed by atoms with Gasteiger partial charge in [0.2, 0.25) is 5.91 Å². The number of aryl methyl sites for hydroxylation is 1. The van der Waals surface area contributed by atoms with Crippen molar-refractivity contribution >= 4 is 12.0 Å². The van der Waals surface area contributed by atoms with Crippen LogP contribution in [0.2, 0.25) is 0 Å². The Bertz CT molecular complexity index is 1230. The molecule has 2 atom stereocenters. The summed E-state index contributed by atoms with van der Waals surface area (Å²) in [6.45, 7) is 3.29. The smallest absolute Gasteiger partial charge is 0.250 e. The lowest BCUT2D eigenvalue weighted by molar-refractivity contribution is -0.134. The monoisotopic (exact) mass is 475 g/mol. The van der Waals surface area contributed by atoms with E-state index in [4.69, 9.17) is 9.47 Å². The molecule has 0 saturated carbocycles. The SMILES string of the molecule is COc1cc(C=C2CCCN([C@H](c3ccc(F)cc3)[C@@H]3CCCO3)C2=O)ccc1-n1cnc(C)c1. The zero-order chi connectivity index (χ0) is 24.4. The Morgan fingerprint density at radius 3 is 2.71 bits per heavy atom. The van der Waals surface area contributed by atoms with Crippen LogP contribution in [0.25, 0.3) is 11.8 Å². The van der Waals surface area contributed by atoms with Crippen molar-refractivity contribution in [2.24, 2.45) is 0 Å². The molecule has 5 rings (SSSR count). The van der Waals surface area contributed by atoms with Gasteiger partial charge in [-0.25, -0.2) is 9.37 Å². The molecular formula is C28H30FN3O3. The van der Waals surface area contributed by atoms with Crippen molar-refractivity contribution in [2.75, 3.05) is 20.3 Å². The minimum Gasteiger partial charge on any atom is -0.495 e. The first-order chi connectivity index (χ1) is 17.0. The third-order valence-corrected chi connectivity index (χ3v) is 6.78. The number of carbonyl (C=O) groups excluding carboxylic acids is 1. The zero-order valence-corrected chi connectivity index (χ0v) is 20.1. The number of hydrogen-bond donors (Lipinski definition) is 0. The van der Waals surface area contributed by atoms with Gasteiger partial charge < -0.3 is 18.9 Å². The van der Waals surface area contributed by atoms with Gasteiger partial charge in [0.05, 0.1) is 37.0 Å². The van der Waals surface area contributed by atoms with Crippen LogP contribution in [-0.4, -0.2) is 46.7 Å². The highest BCUT2D eigenvalue weighted by Crippen LogP contribution is 2.36. The van der Waals surface area contributed by atoms with Gasteiger partial charge >= 0.3 is 0 Å². The van der Waals surface area contributed by atoms with E-state index in [1.54, 1.807) is 25.6 Å². The largest absolute Gasteiger partial charge is 0.495 e. The quantitative estimate of drug-likeness (QED) is 0.457. The average Bonchev–Trinajstić information content (AvgIpc) is 3.55.